The summed E-state index contributed by atoms with van der Waals surface area (Å²) in [7, 11) is -0.287. The number of nitrogens with one attached hydrogen (secondary N) is 2. The number of carbonyl (C=O) groups is 1. The highest BCUT2D eigenvalue weighted by Crippen LogP contribution is 2.30. The van der Waals surface area contributed by atoms with E-state index in [2.05, 4.69) is 10.0 Å². The van der Waals surface area contributed by atoms with E-state index in [1.54, 1.807) is 30.8 Å². The molecule has 1 heterocycles. The normalized spacial score (nSPS) is 17.2. The number of carbonyl (C=O) groups excluding carboxylic acids is 1. The summed E-state index contributed by atoms with van der Waals surface area (Å²) in [5, 5.41) is 12.6. The van der Waals surface area contributed by atoms with Crippen molar-refractivity contribution in [2.24, 2.45) is 0 Å². The molecule has 1 aliphatic heterocycles. The predicted octanol–water partition coefficient (Wildman–Crippen LogP) is 4.89. The number of rotatable bonds is 9. The number of ether oxygens (including phenoxy) is 1. The van der Waals surface area contributed by atoms with Gasteiger partial charge in [0, 0.05) is 18.0 Å². The van der Waals surface area contributed by atoms with Crippen molar-refractivity contribution in [1.82, 2.24) is 9.62 Å². The number of nitrogens with zero attached hydrogens (tertiary/aromatic N) is 2. The summed E-state index contributed by atoms with van der Waals surface area (Å²) in [4.78, 5) is 15.4. The minimum atomic E-state index is -4.20. The fraction of sp³-hybridized carbons (Fsp3) is 0.462. The summed E-state index contributed by atoms with van der Waals surface area (Å²) in [6, 6.07) is 10.9. The molecule has 1 saturated heterocycles. The van der Waals surface area contributed by atoms with Gasteiger partial charge in [0.15, 0.2) is 0 Å². The van der Waals surface area contributed by atoms with Gasteiger partial charge in [0.05, 0.1) is 21.2 Å². The second-order valence-corrected chi connectivity index (χ2v) is 12.1. The van der Waals surface area contributed by atoms with Crippen molar-refractivity contribution < 1.29 is 22.3 Å². The van der Waals surface area contributed by atoms with Crippen LogP contribution in [0.25, 0.3) is 0 Å². The van der Waals surface area contributed by atoms with Crippen LogP contribution in [0.3, 0.4) is 0 Å². The van der Waals surface area contributed by atoms with Crippen LogP contribution in [0.4, 0.5) is 10.1 Å². The molecule has 3 rings (SSSR count). The summed E-state index contributed by atoms with van der Waals surface area (Å²) < 4.78 is 45.2. The summed E-state index contributed by atoms with van der Waals surface area (Å²) in [6.45, 7) is 3.41. The zero-order valence-corrected chi connectivity index (χ0v) is 24.4. The summed E-state index contributed by atoms with van der Waals surface area (Å²) in [5.74, 6) is -0.898. The van der Waals surface area contributed by atoms with Gasteiger partial charge in [-0.1, -0.05) is 11.6 Å². The molecule has 2 N–H and O–H groups in total. The van der Waals surface area contributed by atoms with Gasteiger partial charge >= 0.3 is 0 Å². The van der Waals surface area contributed by atoms with E-state index < -0.39 is 21.5 Å². The Labute approximate surface area is 233 Å². The zero-order chi connectivity index (χ0) is 28.3. The van der Waals surface area contributed by atoms with Gasteiger partial charge in [-0.15, -0.1) is 11.8 Å². The fourth-order valence-corrected chi connectivity index (χ4v) is 5.47. The largest absolute Gasteiger partial charge is 0.383 e. The zero-order valence-electron chi connectivity index (χ0n) is 22.0. The Balaban J connectivity index is 0.000000474. The highest BCUT2D eigenvalue weighted by molar-refractivity contribution is 7.98. The average Bonchev–Trinajstić information content (AvgIpc) is 2.88. The summed E-state index contributed by atoms with van der Waals surface area (Å²) in [5.41, 5.74) is -0.725. The minimum absolute atomic E-state index is 0.0929. The molecule has 38 heavy (non-hydrogen) atoms. The lowest BCUT2D eigenvalue weighted by Gasteiger charge is -2.32. The average molecular weight is 585 g/mol. The van der Waals surface area contributed by atoms with Crippen LogP contribution in [0.5, 0.6) is 0 Å². The molecule has 0 aliphatic carbocycles. The van der Waals surface area contributed by atoms with Crippen LogP contribution in [-0.4, -0.2) is 64.9 Å². The molecule has 12 heteroatoms. The molecular formula is C26H34ClFN4O4S2. The molecule has 1 fully saturated rings. The Bertz CT molecular complexity index is 1230. The first-order valence-electron chi connectivity index (χ1n) is 12.0. The number of sulfonamides is 1. The number of nitriles is 1. The van der Waals surface area contributed by atoms with Crippen molar-refractivity contribution in [2.45, 2.75) is 48.0 Å². The number of thioether (sulfide) groups is 1. The van der Waals surface area contributed by atoms with Crippen molar-refractivity contribution >= 4 is 45.0 Å². The molecule has 0 saturated carbocycles. The third-order valence-corrected chi connectivity index (χ3v) is 8.16. The molecule has 0 spiro atoms. The molecule has 2 aromatic carbocycles. The highest BCUT2D eigenvalue weighted by Gasteiger charge is 2.38. The van der Waals surface area contributed by atoms with Crippen molar-refractivity contribution in [3.8, 4) is 6.07 Å². The standard InChI is InChI=1S/C19H27ClN4O4S.C7H7FS/c1-19(7-4-5-10-28-19)18(25)23-29(26,27)15-11-14(13-21)17(16(20)12-15)22-8-6-9-24(2)3;1-9-7-4-2-6(8)3-5-7/h11-12,22H,4-10H2,1-3H3,(H,23,25);2-5H,1H3. The minimum Gasteiger partial charge on any atom is -0.383 e. The Hall–Kier alpha value is -2.36. The molecule has 1 aliphatic rings. The molecule has 1 amide bonds. The SMILES string of the molecule is CN(C)CCCNc1c(Cl)cc(S(=O)(=O)NC(=O)C2(C)CCCCO2)cc1C#N.CSc1ccc(F)cc1. The molecule has 0 radical (unpaired) electrons. The lowest BCUT2D eigenvalue weighted by Crippen LogP contribution is -2.50. The predicted molar refractivity (Wildman–Crippen MR) is 150 cm³/mol. The van der Waals surface area contributed by atoms with Gasteiger partial charge < -0.3 is 15.0 Å². The van der Waals surface area contributed by atoms with E-state index in [4.69, 9.17) is 16.3 Å². The molecule has 208 valence electrons. The van der Waals surface area contributed by atoms with Crippen molar-refractivity contribution in [1.29, 1.82) is 5.26 Å². The van der Waals surface area contributed by atoms with Crippen LogP contribution in [-0.2, 0) is 19.6 Å². The maximum atomic E-state index is 12.7. The first kappa shape index (κ1) is 31.9. The smallest absolute Gasteiger partial charge is 0.265 e. The topological polar surface area (TPSA) is 112 Å². The summed E-state index contributed by atoms with van der Waals surface area (Å²) in [6.07, 6.45) is 4.84. The molecule has 1 atom stereocenters. The van der Waals surface area contributed by atoms with E-state index in [-0.39, 0.29) is 21.3 Å². The number of benzene rings is 2. The maximum Gasteiger partial charge on any atom is 0.265 e. The van der Waals surface area contributed by atoms with E-state index >= 15 is 0 Å². The van der Waals surface area contributed by atoms with Crippen LogP contribution < -0.4 is 10.0 Å². The number of halogens is 2. The van der Waals surface area contributed by atoms with Gasteiger partial charge in [-0.3, -0.25) is 4.79 Å². The van der Waals surface area contributed by atoms with Gasteiger partial charge in [0.1, 0.15) is 17.5 Å². The van der Waals surface area contributed by atoms with Crippen LogP contribution in [0.1, 0.15) is 38.2 Å². The Kier molecular flexibility index (Phi) is 12.3. The van der Waals surface area contributed by atoms with Crippen LogP contribution in [0.2, 0.25) is 5.02 Å². The highest BCUT2D eigenvalue weighted by atomic mass is 35.5. The van der Waals surface area contributed by atoms with Crippen LogP contribution in [0, 0.1) is 17.1 Å². The lowest BCUT2D eigenvalue weighted by molar-refractivity contribution is -0.148. The fourth-order valence-electron chi connectivity index (χ4n) is 3.59. The number of hydrogen-bond acceptors (Lipinski definition) is 8. The summed E-state index contributed by atoms with van der Waals surface area (Å²) >= 11 is 7.86. The van der Waals surface area contributed by atoms with Crippen molar-refractivity contribution in [3.05, 3.63) is 52.8 Å². The number of anilines is 1. The van der Waals surface area contributed by atoms with E-state index in [0.29, 0.717) is 25.3 Å². The van der Waals surface area contributed by atoms with E-state index in [0.717, 1.165) is 30.7 Å². The maximum absolute atomic E-state index is 12.7. The van der Waals surface area contributed by atoms with Gasteiger partial charge in [-0.05, 0) is 95.9 Å². The third kappa shape index (κ3) is 9.43. The van der Waals surface area contributed by atoms with Crippen molar-refractivity contribution in [2.75, 3.05) is 45.4 Å². The monoisotopic (exact) mass is 584 g/mol. The second-order valence-electron chi connectivity index (χ2n) is 9.15. The Morgan fingerprint density at radius 1 is 1.26 bits per heavy atom. The van der Waals surface area contributed by atoms with Gasteiger partial charge in [-0.2, -0.15) is 5.26 Å². The Morgan fingerprint density at radius 3 is 2.50 bits per heavy atom. The second kappa shape index (κ2) is 14.7. The molecule has 8 nitrogen and oxygen atoms in total. The molecular weight excluding hydrogens is 551 g/mol. The Morgan fingerprint density at radius 2 is 1.95 bits per heavy atom. The first-order chi connectivity index (χ1) is 17.9. The van der Waals surface area contributed by atoms with E-state index in [1.807, 2.05) is 31.3 Å². The van der Waals surface area contributed by atoms with E-state index in [9.17, 15) is 22.9 Å². The number of amides is 1. The molecule has 0 aromatic heterocycles. The van der Waals surface area contributed by atoms with Gasteiger partial charge in [-0.25, -0.2) is 17.5 Å². The molecule has 0 bridgehead atoms. The van der Waals surface area contributed by atoms with Crippen LogP contribution in [0.15, 0.2) is 46.2 Å². The first-order valence-corrected chi connectivity index (χ1v) is 15.1. The third-order valence-electron chi connectivity index (χ3n) is 5.80. The van der Waals surface area contributed by atoms with Crippen LogP contribution >= 0.6 is 23.4 Å². The lowest BCUT2D eigenvalue weighted by atomic mass is 9.95. The molecule has 2 aromatic rings. The quantitative estimate of drug-likeness (QED) is 0.317. The van der Waals surface area contributed by atoms with Gasteiger partial charge in [0.2, 0.25) is 0 Å². The molecule has 1 unspecified atom stereocenters. The van der Waals surface area contributed by atoms with E-state index in [1.165, 1.54) is 24.3 Å². The number of hydrogen-bond donors (Lipinski definition) is 2. The van der Waals surface area contributed by atoms with Crippen molar-refractivity contribution in [3.63, 3.8) is 0 Å². The van der Waals surface area contributed by atoms with Gasteiger partial charge in [0.25, 0.3) is 15.9 Å².